The summed E-state index contributed by atoms with van der Waals surface area (Å²) in [5.41, 5.74) is 1.97. The van der Waals surface area contributed by atoms with Crippen LogP contribution in [0.3, 0.4) is 0 Å². The lowest BCUT2D eigenvalue weighted by Gasteiger charge is -2.04. The predicted octanol–water partition coefficient (Wildman–Crippen LogP) is 0.995. The normalized spacial score (nSPS) is 15.7. The second-order valence-corrected chi connectivity index (χ2v) is 4.24. The summed E-state index contributed by atoms with van der Waals surface area (Å²) < 4.78 is 3.97. The molecule has 0 aliphatic carbocycles. The number of nitrogens with one attached hydrogen (secondary N) is 1. The molecule has 6 heteroatoms. The second kappa shape index (κ2) is 6.45. The first-order chi connectivity index (χ1) is 10.5. The Kier molecular flexibility index (Phi) is 4.43. The summed E-state index contributed by atoms with van der Waals surface area (Å²) in [4.78, 5) is 42.3. The summed E-state index contributed by atoms with van der Waals surface area (Å²) in [6.07, 6.45) is 5.14. The van der Waals surface area contributed by atoms with Crippen LogP contribution in [-0.2, 0) is 23.9 Å². The van der Waals surface area contributed by atoms with Crippen LogP contribution < -0.4 is 5.32 Å². The van der Waals surface area contributed by atoms with Gasteiger partial charge in [0.05, 0.1) is 5.57 Å². The number of esters is 2. The molecule has 0 saturated heterocycles. The third kappa shape index (κ3) is 3.43. The predicted molar refractivity (Wildman–Crippen MR) is 77.9 cm³/mol. The van der Waals surface area contributed by atoms with Gasteiger partial charge in [-0.2, -0.15) is 0 Å². The van der Waals surface area contributed by atoms with Crippen molar-refractivity contribution in [1.82, 2.24) is 5.32 Å². The largest absolute Gasteiger partial charge is 0.387 e. The van der Waals surface area contributed by atoms with E-state index in [1.165, 1.54) is 6.08 Å². The van der Waals surface area contributed by atoms with Crippen molar-refractivity contribution in [3.8, 4) is 0 Å². The number of carbonyl (C=O) groups is 4. The Morgan fingerprint density at radius 1 is 1.00 bits per heavy atom. The number of rotatable bonds is 2. The molecule has 0 saturated carbocycles. The zero-order valence-electron chi connectivity index (χ0n) is 11.4. The first kappa shape index (κ1) is 15.1. The van der Waals surface area contributed by atoms with Gasteiger partial charge in [-0.25, -0.2) is 9.59 Å². The molecule has 3 rings (SSSR count). The SMILES string of the molecule is C=Cc1ccccc1C1=CC(=O)NC1=O.O=C1C=CC(=O)O1. The Labute approximate surface area is 125 Å². The van der Waals surface area contributed by atoms with E-state index in [0.29, 0.717) is 5.57 Å². The maximum absolute atomic E-state index is 11.4. The molecule has 1 aromatic rings. The van der Waals surface area contributed by atoms with E-state index in [0.717, 1.165) is 23.3 Å². The lowest BCUT2D eigenvalue weighted by atomic mass is 10.00. The van der Waals surface area contributed by atoms with Crippen LogP contribution >= 0.6 is 0 Å². The average Bonchev–Trinajstić information content (AvgIpc) is 3.04. The Bertz CT molecular complexity index is 727. The average molecular weight is 297 g/mol. The number of carbonyl (C=O) groups excluding carboxylic acids is 4. The Hall–Kier alpha value is -3.28. The van der Waals surface area contributed by atoms with Crippen molar-refractivity contribution in [2.24, 2.45) is 0 Å². The van der Waals surface area contributed by atoms with E-state index >= 15 is 0 Å². The number of hydrogen-bond donors (Lipinski definition) is 1. The van der Waals surface area contributed by atoms with Crippen LogP contribution in [-0.4, -0.2) is 23.8 Å². The van der Waals surface area contributed by atoms with Crippen LogP contribution in [0.4, 0.5) is 0 Å². The quantitative estimate of drug-likeness (QED) is 0.499. The molecule has 0 atom stereocenters. The first-order valence-electron chi connectivity index (χ1n) is 6.24. The van der Waals surface area contributed by atoms with Crippen LogP contribution in [0.25, 0.3) is 11.6 Å². The van der Waals surface area contributed by atoms with Crippen molar-refractivity contribution < 1.29 is 23.9 Å². The fraction of sp³-hybridized carbons (Fsp3) is 0. The highest BCUT2D eigenvalue weighted by Gasteiger charge is 2.23. The van der Waals surface area contributed by atoms with E-state index < -0.39 is 11.9 Å². The van der Waals surface area contributed by atoms with Gasteiger partial charge in [0.1, 0.15) is 0 Å². The van der Waals surface area contributed by atoms with Crippen LogP contribution in [0.2, 0.25) is 0 Å². The fourth-order valence-corrected chi connectivity index (χ4v) is 1.84. The lowest BCUT2D eigenvalue weighted by molar-refractivity contribution is -0.150. The zero-order valence-corrected chi connectivity index (χ0v) is 11.4. The number of ether oxygens (including phenoxy) is 1. The van der Waals surface area contributed by atoms with E-state index in [2.05, 4.69) is 16.6 Å². The van der Waals surface area contributed by atoms with Gasteiger partial charge in [0.2, 0.25) is 0 Å². The van der Waals surface area contributed by atoms with Crippen molar-refractivity contribution in [3.05, 3.63) is 60.2 Å². The molecule has 0 bridgehead atoms. The molecule has 1 aromatic carbocycles. The third-order valence-corrected chi connectivity index (χ3v) is 2.78. The fourth-order valence-electron chi connectivity index (χ4n) is 1.84. The molecule has 0 radical (unpaired) electrons. The maximum atomic E-state index is 11.4. The van der Waals surface area contributed by atoms with Crippen molar-refractivity contribution in [1.29, 1.82) is 0 Å². The van der Waals surface area contributed by atoms with Gasteiger partial charge in [-0.05, 0) is 11.1 Å². The van der Waals surface area contributed by atoms with Gasteiger partial charge in [0, 0.05) is 18.2 Å². The summed E-state index contributed by atoms with van der Waals surface area (Å²) in [7, 11) is 0. The minimum Gasteiger partial charge on any atom is -0.387 e. The number of cyclic esters (lactones) is 2. The summed E-state index contributed by atoms with van der Waals surface area (Å²) in [6, 6.07) is 7.31. The smallest absolute Gasteiger partial charge is 0.338 e. The molecule has 110 valence electrons. The topological polar surface area (TPSA) is 89.5 Å². The van der Waals surface area contributed by atoms with Gasteiger partial charge in [-0.1, -0.05) is 36.9 Å². The monoisotopic (exact) mass is 297 g/mol. The molecule has 2 aliphatic heterocycles. The molecule has 0 fully saturated rings. The number of imide groups is 1. The molecule has 2 amide bonds. The van der Waals surface area contributed by atoms with Crippen LogP contribution in [0.15, 0.2) is 49.1 Å². The summed E-state index contributed by atoms with van der Waals surface area (Å²) in [5.74, 6) is -1.88. The van der Waals surface area contributed by atoms with E-state index in [-0.39, 0.29) is 11.8 Å². The minimum atomic E-state index is -0.579. The highest BCUT2D eigenvalue weighted by atomic mass is 16.6. The van der Waals surface area contributed by atoms with E-state index in [9.17, 15) is 19.2 Å². The van der Waals surface area contributed by atoms with Gasteiger partial charge in [0.15, 0.2) is 0 Å². The van der Waals surface area contributed by atoms with Crippen molar-refractivity contribution in [2.75, 3.05) is 0 Å². The third-order valence-electron chi connectivity index (χ3n) is 2.78. The van der Waals surface area contributed by atoms with Gasteiger partial charge >= 0.3 is 11.9 Å². The summed E-state index contributed by atoms with van der Waals surface area (Å²) in [6.45, 7) is 3.66. The summed E-state index contributed by atoms with van der Waals surface area (Å²) in [5, 5.41) is 2.21. The molecular weight excluding hydrogens is 286 g/mol. The highest BCUT2D eigenvalue weighted by molar-refractivity contribution is 6.33. The number of hydrogen-bond acceptors (Lipinski definition) is 5. The number of amides is 2. The van der Waals surface area contributed by atoms with E-state index in [4.69, 9.17) is 0 Å². The van der Waals surface area contributed by atoms with Crippen LogP contribution in [0.5, 0.6) is 0 Å². The van der Waals surface area contributed by atoms with Gasteiger partial charge in [-0.3, -0.25) is 14.9 Å². The maximum Gasteiger partial charge on any atom is 0.338 e. The lowest BCUT2D eigenvalue weighted by Crippen LogP contribution is -2.21. The Morgan fingerprint density at radius 3 is 2.09 bits per heavy atom. The second-order valence-electron chi connectivity index (χ2n) is 4.24. The highest BCUT2D eigenvalue weighted by Crippen LogP contribution is 2.22. The minimum absolute atomic E-state index is 0.352. The van der Waals surface area contributed by atoms with Crippen molar-refractivity contribution >= 4 is 35.4 Å². The molecule has 0 spiro atoms. The zero-order chi connectivity index (χ0) is 16.1. The van der Waals surface area contributed by atoms with Gasteiger partial charge in [0.25, 0.3) is 11.8 Å². The Morgan fingerprint density at radius 2 is 1.64 bits per heavy atom. The first-order valence-corrected chi connectivity index (χ1v) is 6.24. The van der Waals surface area contributed by atoms with Crippen molar-refractivity contribution in [2.45, 2.75) is 0 Å². The van der Waals surface area contributed by atoms with Crippen molar-refractivity contribution in [3.63, 3.8) is 0 Å². The molecule has 22 heavy (non-hydrogen) atoms. The molecular formula is C16H11NO5. The number of benzene rings is 1. The molecule has 2 aliphatic rings. The molecule has 0 aromatic heterocycles. The molecule has 2 heterocycles. The van der Waals surface area contributed by atoms with Gasteiger partial charge < -0.3 is 4.74 Å². The standard InChI is InChI=1S/C12H9NO2.C4H2O3/c1-2-8-5-3-4-6-9(8)10-7-11(14)13-12(10)15;5-3-1-2-4(6)7-3/h2-7H,1H2,(H,13,14,15);1-2H. The molecule has 1 N–H and O–H groups in total. The van der Waals surface area contributed by atoms with Crippen LogP contribution in [0, 0.1) is 0 Å². The van der Waals surface area contributed by atoms with E-state index in [1.807, 2.05) is 18.2 Å². The molecule has 0 unspecified atom stereocenters. The summed E-state index contributed by atoms with van der Waals surface area (Å²) >= 11 is 0. The Balaban J connectivity index is 0.000000211. The molecule has 6 nitrogen and oxygen atoms in total. The van der Waals surface area contributed by atoms with Crippen LogP contribution in [0.1, 0.15) is 11.1 Å². The van der Waals surface area contributed by atoms with Gasteiger partial charge in [-0.15, -0.1) is 0 Å². The van der Waals surface area contributed by atoms with E-state index in [1.54, 1.807) is 12.1 Å².